The van der Waals surface area contributed by atoms with Crippen molar-refractivity contribution in [1.29, 1.82) is 0 Å². The molecule has 18 nitrogen and oxygen atoms in total. The third-order valence-electron chi connectivity index (χ3n) is 19.5. The molecular weight excluding hydrogens is 865 g/mol. The van der Waals surface area contributed by atoms with Crippen LogP contribution in [-0.2, 0) is 33.2 Å². The Labute approximate surface area is 387 Å². The standard InChI is InChI=1S/C48H78O18/c1-21-29(52)31(54)35(58)40(61-21)65-37-32(55)30(53)24(19-49)62-41(37)66-38-34(57)33(56)36(39(59)60)64-42(38)63-28-12-13-45(5)25(46(28,6)20-50)11-14-48(8)26(45)10-9-22-23-17-43(2,3)18-27(51)44(23,4)15-16-47(22,48)7/h9,21,23-38,40-42,49-58H,10-20H2,1-8H3,(H,59,60)/t21-,23?,24+,25?,26?,27+,28-,29-,30-,31+,32-,33-,34-,35+,36-,37+,38+,40?,41?,42?,44+,45-,46+,47+,48+/m0/s1. The zero-order valence-corrected chi connectivity index (χ0v) is 39.7. The average Bonchev–Trinajstić information content (AvgIpc) is 3.25. The number of carboxylic acid groups (broad SMARTS) is 1. The molecule has 0 radical (unpaired) electrons. The summed E-state index contributed by atoms with van der Waals surface area (Å²) in [6, 6.07) is 0. The Morgan fingerprint density at radius 1 is 0.667 bits per heavy atom. The largest absolute Gasteiger partial charge is 0.479 e. The highest BCUT2D eigenvalue weighted by atomic mass is 16.8. The molecule has 3 aliphatic heterocycles. The van der Waals surface area contributed by atoms with Crippen molar-refractivity contribution in [3.8, 4) is 0 Å². The number of rotatable bonds is 9. The van der Waals surface area contributed by atoms with Gasteiger partial charge in [-0.15, -0.1) is 0 Å². The first-order chi connectivity index (χ1) is 30.7. The van der Waals surface area contributed by atoms with Crippen LogP contribution in [0.3, 0.4) is 0 Å². The van der Waals surface area contributed by atoms with Crippen LogP contribution in [0.1, 0.15) is 113 Å². The summed E-state index contributed by atoms with van der Waals surface area (Å²) in [6.45, 7) is 16.3. The minimum atomic E-state index is -2.07. The number of aliphatic hydroxyl groups excluding tert-OH is 10. The summed E-state index contributed by atoms with van der Waals surface area (Å²) in [5.74, 6) is -1.16. The first-order valence-corrected chi connectivity index (χ1v) is 24.3. The summed E-state index contributed by atoms with van der Waals surface area (Å²) in [6.07, 6.45) is -17.6. The van der Waals surface area contributed by atoms with Crippen LogP contribution in [0.25, 0.3) is 0 Å². The van der Waals surface area contributed by atoms with E-state index < -0.39 is 116 Å². The monoisotopic (exact) mass is 943 g/mol. The quantitative estimate of drug-likeness (QED) is 0.112. The van der Waals surface area contributed by atoms with E-state index in [2.05, 4.69) is 47.6 Å². The van der Waals surface area contributed by atoms with Crippen LogP contribution in [0, 0.1) is 50.2 Å². The summed E-state index contributed by atoms with van der Waals surface area (Å²) >= 11 is 0. The van der Waals surface area contributed by atoms with Gasteiger partial charge in [-0.3, -0.25) is 0 Å². The number of ether oxygens (including phenoxy) is 6. The molecule has 11 N–H and O–H groups in total. The van der Waals surface area contributed by atoms with Crippen molar-refractivity contribution in [2.75, 3.05) is 13.2 Å². The van der Waals surface area contributed by atoms with E-state index in [0.717, 1.165) is 44.9 Å². The van der Waals surface area contributed by atoms with Gasteiger partial charge in [-0.1, -0.05) is 60.1 Å². The Balaban J connectivity index is 1.08. The van der Waals surface area contributed by atoms with E-state index in [9.17, 15) is 61.0 Å². The first kappa shape index (κ1) is 50.9. The molecule has 378 valence electrons. The molecule has 3 saturated heterocycles. The molecule has 0 aromatic heterocycles. The van der Waals surface area contributed by atoms with Crippen molar-refractivity contribution < 1.29 is 89.4 Å². The SMILES string of the molecule is C[C@@H]1OC(O[C@H]2C(O[C@H]3C(O[C@H]4CC[C@@]5(C)C(CC[C@]6(C)C5CC=C5C7CC(C)(C)C[C@@H](O)[C@]7(C)CC[C@]56C)[C@@]4(C)CO)O[C@H](C(=O)O)[C@@H](O)[C@@H]3O)O[C@H](CO)[C@H](O)[C@@H]2O)[C@H](O)[C@H](O)[C@H]1O. The topological polar surface area (TPSA) is 295 Å². The first-order valence-electron chi connectivity index (χ1n) is 24.3. The van der Waals surface area contributed by atoms with E-state index in [4.69, 9.17) is 28.4 Å². The average molecular weight is 943 g/mol. The van der Waals surface area contributed by atoms with Gasteiger partial charge in [-0.25, -0.2) is 4.79 Å². The molecule has 8 aliphatic rings. The fraction of sp³-hybridized carbons (Fsp3) is 0.938. The number of allylic oxidation sites excluding steroid dienone is 2. The molecule has 0 bridgehead atoms. The molecule has 3 heterocycles. The second kappa shape index (κ2) is 17.7. The predicted molar refractivity (Wildman–Crippen MR) is 231 cm³/mol. The van der Waals surface area contributed by atoms with E-state index >= 15 is 0 Å². The number of carboxylic acids is 1. The lowest BCUT2D eigenvalue weighted by atomic mass is 9.33. The van der Waals surface area contributed by atoms with Gasteiger partial charge in [0.2, 0.25) is 0 Å². The normalized spacial score (nSPS) is 55.9. The van der Waals surface area contributed by atoms with Crippen molar-refractivity contribution in [3.05, 3.63) is 11.6 Å². The van der Waals surface area contributed by atoms with Crippen LogP contribution >= 0.6 is 0 Å². The molecule has 5 aliphatic carbocycles. The smallest absolute Gasteiger partial charge is 0.335 e. The maximum atomic E-state index is 12.5. The van der Waals surface area contributed by atoms with Crippen LogP contribution in [0.5, 0.6) is 0 Å². The molecule has 0 spiro atoms. The van der Waals surface area contributed by atoms with Gasteiger partial charge in [0.1, 0.15) is 61.0 Å². The highest BCUT2D eigenvalue weighted by molar-refractivity contribution is 5.73. The van der Waals surface area contributed by atoms with Crippen LogP contribution in [0.2, 0.25) is 0 Å². The van der Waals surface area contributed by atoms with E-state index in [1.54, 1.807) is 0 Å². The van der Waals surface area contributed by atoms with Crippen molar-refractivity contribution in [2.24, 2.45) is 50.2 Å². The summed E-state index contributed by atoms with van der Waals surface area (Å²) in [4.78, 5) is 12.5. The lowest BCUT2D eigenvalue weighted by Crippen LogP contribution is -2.68. The molecule has 6 unspecified atom stereocenters. The molecule has 7 fully saturated rings. The number of fused-ring (bicyclic) bond motifs is 7. The van der Waals surface area contributed by atoms with E-state index in [0.29, 0.717) is 12.8 Å². The molecule has 66 heavy (non-hydrogen) atoms. The lowest BCUT2D eigenvalue weighted by Gasteiger charge is -2.72. The maximum Gasteiger partial charge on any atom is 0.335 e. The van der Waals surface area contributed by atoms with Gasteiger partial charge in [0.25, 0.3) is 0 Å². The summed E-state index contributed by atoms with van der Waals surface area (Å²) in [5.41, 5.74) is -0.0545. The maximum absolute atomic E-state index is 12.5. The highest BCUT2D eigenvalue weighted by Gasteiger charge is 2.70. The number of aliphatic hydroxyl groups is 10. The minimum absolute atomic E-state index is 0.0166. The zero-order valence-electron chi connectivity index (χ0n) is 39.7. The summed E-state index contributed by atoms with van der Waals surface area (Å²) in [7, 11) is 0. The van der Waals surface area contributed by atoms with Crippen molar-refractivity contribution in [2.45, 2.75) is 218 Å². The van der Waals surface area contributed by atoms with Gasteiger partial charge in [0, 0.05) is 10.8 Å². The fourth-order valence-corrected chi connectivity index (χ4v) is 15.1. The van der Waals surface area contributed by atoms with Gasteiger partial charge in [0.15, 0.2) is 25.0 Å². The second-order valence-corrected chi connectivity index (χ2v) is 23.6. The zero-order chi connectivity index (χ0) is 48.4. The number of aliphatic carboxylic acids is 1. The molecule has 0 amide bonds. The number of carbonyl (C=O) groups is 1. The molecule has 0 aromatic rings. The summed E-state index contributed by atoms with van der Waals surface area (Å²) < 4.78 is 36.2. The Kier molecular flexibility index (Phi) is 13.7. The molecule has 0 aromatic carbocycles. The van der Waals surface area contributed by atoms with Gasteiger partial charge in [-0.05, 0) is 104 Å². The van der Waals surface area contributed by atoms with Gasteiger partial charge in [-0.2, -0.15) is 0 Å². The second-order valence-electron chi connectivity index (χ2n) is 23.6. The van der Waals surface area contributed by atoms with Crippen LogP contribution < -0.4 is 0 Å². The van der Waals surface area contributed by atoms with Gasteiger partial charge in [0.05, 0.1) is 31.5 Å². The molecular formula is C48H78O18. The lowest BCUT2D eigenvalue weighted by molar-refractivity contribution is -0.396. The Morgan fingerprint density at radius 3 is 1.94 bits per heavy atom. The van der Waals surface area contributed by atoms with Crippen LogP contribution in [-0.4, -0.2) is 180 Å². The van der Waals surface area contributed by atoms with Crippen molar-refractivity contribution >= 4 is 5.97 Å². The predicted octanol–water partition coefficient (Wildman–Crippen LogP) is 0.705. The third-order valence-corrected chi connectivity index (χ3v) is 19.5. The van der Waals surface area contributed by atoms with Crippen molar-refractivity contribution in [3.63, 3.8) is 0 Å². The van der Waals surface area contributed by atoms with Gasteiger partial charge >= 0.3 is 5.97 Å². The Morgan fingerprint density at radius 2 is 1.30 bits per heavy atom. The number of hydrogen-bond donors (Lipinski definition) is 11. The van der Waals surface area contributed by atoms with Crippen molar-refractivity contribution in [1.82, 2.24) is 0 Å². The Bertz CT molecular complexity index is 1820. The van der Waals surface area contributed by atoms with E-state index in [1.807, 2.05) is 6.92 Å². The highest BCUT2D eigenvalue weighted by Crippen LogP contribution is 2.76. The molecule has 18 heteroatoms. The minimum Gasteiger partial charge on any atom is -0.479 e. The summed E-state index contributed by atoms with van der Waals surface area (Å²) in [5, 5.41) is 120. The molecule has 4 saturated carbocycles. The third kappa shape index (κ3) is 7.78. The van der Waals surface area contributed by atoms with Gasteiger partial charge < -0.3 is 84.6 Å². The fourth-order valence-electron chi connectivity index (χ4n) is 15.1. The molecule has 8 rings (SSSR count). The van der Waals surface area contributed by atoms with E-state index in [1.165, 1.54) is 12.5 Å². The van der Waals surface area contributed by atoms with Crippen LogP contribution in [0.4, 0.5) is 0 Å². The Hall–Kier alpha value is -1.43. The number of hydrogen-bond acceptors (Lipinski definition) is 17. The molecule has 25 atom stereocenters. The van der Waals surface area contributed by atoms with E-state index in [-0.39, 0.29) is 57.5 Å². The van der Waals surface area contributed by atoms with Crippen LogP contribution in [0.15, 0.2) is 11.6 Å².